The Morgan fingerprint density at radius 3 is 2.60 bits per heavy atom. The molecule has 1 aliphatic carbocycles. The number of rotatable bonds is 3. The second-order valence-corrected chi connectivity index (χ2v) is 5.44. The molecule has 3 nitrogen and oxygen atoms in total. The molecule has 0 radical (unpaired) electrons. The Morgan fingerprint density at radius 2 is 2.00 bits per heavy atom. The molecule has 15 heavy (non-hydrogen) atoms. The lowest BCUT2D eigenvalue weighted by molar-refractivity contribution is 0.111. The van der Waals surface area contributed by atoms with Gasteiger partial charge >= 0.3 is 0 Å². The van der Waals surface area contributed by atoms with Gasteiger partial charge in [0, 0.05) is 26.2 Å². The molecule has 1 aliphatic heterocycles. The van der Waals surface area contributed by atoms with E-state index in [2.05, 4.69) is 4.90 Å². The van der Waals surface area contributed by atoms with Crippen molar-refractivity contribution >= 4 is 0 Å². The van der Waals surface area contributed by atoms with Gasteiger partial charge < -0.3 is 15.7 Å². The third kappa shape index (κ3) is 2.52. The van der Waals surface area contributed by atoms with Crippen LogP contribution in [0.4, 0.5) is 0 Å². The molecule has 3 heteroatoms. The predicted octanol–water partition coefficient (Wildman–Crippen LogP) is 0.820. The molecule has 0 unspecified atom stereocenters. The Bertz CT molecular complexity index is 200. The van der Waals surface area contributed by atoms with Crippen molar-refractivity contribution < 1.29 is 5.11 Å². The van der Waals surface area contributed by atoms with E-state index in [1.807, 2.05) is 0 Å². The first-order chi connectivity index (χ1) is 7.28. The van der Waals surface area contributed by atoms with Gasteiger partial charge in [-0.25, -0.2) is 0 Å². The van der Waals surface area contributed by atoms with Gasteiger partial charge in [-0.3, -0.25) is 0 Å². The number of hydrogen-bond acceptors (Lipinski definition) is 3. The standard InChI is InChI=1S/C12H24N2O/c13-6-8-14-7-5-12(10-14)3-1-11(9-15)2-4-12/h11,15H,1-10,13H2. The van der Waals surface area contributed by atoms with Gasteiger partial charge in [-0.05, 0) is 50.0 Å². The Kier molecular flexibility index (Phi) is 3.65. The summed E-state index contributed by atoms with van der Waals surface area (Å²) in [6, 6.07) is 0. The smallest absolute Gasteiger partial charge is 0.0459 e. The molecule has 1 heterocycles. The molecule has 2 fully saturated rings. The number of nitrogens with two attached hydrogens (primary N) is 1. The van der Waals surface area contributed by atoms with Gasteiger partial charge in [0.25, 0.3) is 0 Å². The fourth-order valence-electron chi connectivity index (χ4n) is 3.28. The Hall–Kier alpha value is -0.120. The highest BCUT2D eigenvalue weighted by atomic mass is 16.3. The summed E-state index contributed by atoms with van der Waals surface area (Å²) in [6.45, 7) is 4.73. The predicted molar refractivity (Wildman–Crippen MR) is 61.6 cm³/mol. The van der Waals surface area contributed by atoms with E-state index >= 15 is 0 Å². The summed E-state index contributed by atoms with van der Waals surface area (Å²) < 4.78 is 0. The second kappa shape index (κ2) is 4.81. The van der Waals surface area contributed by atoms with Crippen LogP contribution in [-0.2, 0) is 0 Å². The van der Waals surface area contributed by atoms with Crippen molar-refractivity contribution in [2.24, 2.45) is 17.1 Å². The zero-order valence-electron chi connectivity index (χ0n) is 9.62. The van der Waals surface area contributed by atoms with Crippen LogP contribution < -0.4 is 5.73 Å². The van der Waals surface area contributed by atoms with Crippen LogP contribution >= 0.6 is 0 Å². The maximum atomic E-state index is 9.13. The Labute approximate surface area is 92.6 Å². The number of aliphatic hydroxyl groups excluding tert-OH is 1. The van der Waals surface area contributed by atoms with E-state index in [0.717, 1.165) is 13.1 Å². The number of likely N-dealkylation sites (tertiary alicyclic amines) is 1. The van der Waals surface area contributed by atoms with Gasteiger partial charge in [-0.15, -0.1) is 0 Å². The van der Waals surface area contributed by atoms with Gasteiger partial charge in [0.2, 0.25) is 0 Å². The van der Waals surface area contributed by atoms with Crippen molar-refractivity contribution in [1.82, 2.24) is 4.90 Å². The second-order valence-electron chi connectivity index (χ2n) is 5.44. The molecule has 0 aromatic carbocycles. The zero-order valence-corrected chi connectivity index (χ0v) is 9.62. The van der Waals surface area contributed by atoms with Crippen LogP contribution in [0.1, 0.15) is 32.1 Å². The first-order valence-corrected chi connectivity index (χ1v) is 6.31. The van der Waals surface area contributed by atoms with Crippen LogP contribution in [0.15, 0.2) is 0 Å². The summed E-state index contributed by atoms with van der Waals surface area (Å²) in [6.07, 6.45) is 6.45. The minimum atomic E-state index is 0.391. The van der Waals surface area contributed by atoms with Crippen LogP contribution in [0, 0.1) is 11.3 Å². The monoisotopic (exact) mass is 212 g/mol. The van der Waals surface area contributed by atoms with E-state index in [0.29, 0.717) is 17.9 Å². The van der Waals surface area contributed by atoms with E-state index < -0.39 is 0 Å². The van der Waals surface area contributed by atoms with Crippen molar-refractivity contribution in [3.63, 3.8) is 0 Å². The molecule has 0 aromatic rings. The fourth-order valence-corrected chi connectivity index (χ4v) is 3.28. The lowest BCUT2D eigenvalue weighted by Gasteiger charge is -2.36. The van der Waals surface area contributed by atoms with Crippen LogP contribution in [0.3, 0.4) is 0 Å². The largest absolute Gasteiger partial charge is 0.396 e. The quantitative estimate of drug-likeness (QED) is 0.728. The summed E-state index contributed by atoms with van der Waals surface area (Å²) in [5.41, 5.74) is 6.18. The maximum absolute atomic E-state index is 9.13. The molecule has 3 N–H and O–H groups in total. The molecule has 0 bridgehead atoms. The molecule has 2 rings (SSSR count). The zero-order chi connectivity index (χ0) is 10.7. The number of nitrogens with zero attached hydrogens (tertiary/aromatic N) is 1. The summed E-state index contributed by atoms with van der Waals surface area (Å²) >= 11 is 0. The van der Waals surface area contributed by atoms with Gasteiger partial charge in [0.05, 0.1) is 0 Å². The van der Waals surface area contributed by atoms with Crippen LogP contribution in [0.2, 0.25) is 0 Å². The molecule has 2 aliphatic rings. The van der Waals surface area contributed by atoms with Crippen molar-refractivity contribution in [3.8, 4) is 0 Å². The highest BCUT2D eigenvalue weighted by molar-refractivity contribution is 4.93. The van der Waals surface area contributed by atoms with Crippen molar-refractivity contribution in [2.75, 3.05) is 32.8 Å². The minimum Gasteiger partial charge on any atom is -0.396 e. The van der Waals surface area contributed by atoms with Crippen LogP contribution in [0.5, 0.6) is 0 Å². The van der Waals surface area contributed by atoms with Gasteiger partial charge in [-0.1, -0.05) is 0 Å². The van der Waals surface area contributed by atoms with Crippen molar-refractivity contribution in [1.29, 1.82) is 0 Å². The van der Waals surface area contributed by atoms with E-state index in [1.54, 1.807) is 0 Å². The summed E-state index contributed by atoms with van der Waals surface area (Å²) in [7, 11) is 0. The fraction of sp³-hybridized carbons (Fsp3) is 1.00. The Balaban J connectivity index is 1.83. The lowest BCUT2D eigenvalue weighted by atomic mass is 9.70. The van der Waals surface area contributed by atoms with Crippen molar-refractivity contribution in [2.45, 2.75) is 32.1 Å². The molecule has 1 spiro atoms. The number of aliphatic hydroxyl groups is 1. The van der Waals surface area contributed by atoms with E-state index in [9.17, 15) is 0 Å². The molecule has 0 amide bonds. The molecule has 0 atom stereocenters. The maximum Gasteiger partial charge on any atom is 0.0459 e. The summed E-state index contributed by atoms with van der Waals surface area (Å²) in [5, 5.41) is 9.13. The molecular formula is C12H24N2O. The average Bonchev–Trinajstić information content (AvgIpc) is 2.64. The summed E-state index contributed by atoms with van der Waals surface area (Å²) in [4.78, 5) is 2.51. The van der Waals surface area contributed by atoms with Crippen LogP contribution in [-0.4, -0.2) is 42.8 Å². The third-order valence-electron chi connectivity index (χ3n) is 4.39. The topological polar surface area (TPSA) is 49.5 Å². The van der Waals surface area contributed by atoms with E-state index in [-0.39, 0.29) is 0 Å². The normalized spacial score (nSPS) is 37.6. The lowest BCUT2D eigenvalue weighted by Crippen LogP contribution is -2.34. The van der Waals surface area contributed by atoms with Crippen LogP contribution in [0.25, 0.3) is 0 Å². The van der Waals surface area contributed by atoms with Gasteiger partial charge in [0.15, 0.2) is 0 Å². The number of hydrogen-bond donors (Lipinski definition) is 2. The first-order valence-electron chi connectivity index (χ1n) is 6.31. The first kappa shape index (κ1) is 11.4. The summed E-state index contributed by atoms with van der Waals surface area (Å²) in [5.74, 6) is 0.583. The van der Waals surface area contributed by atoms with Gasteiger partial charge in [0.1, 0.15) is 0 Å². The minimum absolute atomic E-state index is 0.391. The molecule has 1 saturated heterocycles. The molecule has 88 valence electrons. The third-order valence-corrected chi connectivity index (χ3v) is 4.39. The van der Waals surface area contributed by atoms with E-state index in [4.69, 9.17) is 10.8 Å². The van der Waals surface area contributed by atoms with E-state index in [1.165, 1.54) is 45.2 Å². The van der Waals surface area contributed by atoms with Gasteiger partial charge in [-0.2, -0.15) is 0 Å². The molecule has 0 aromatic heterocycles. The van der Waals surface area contributed by atoms with Crippen molar-refractivity contribution in [3.05, 3.63) is 0 Å². The SMILES string of the molecule is NCCN1CCC2(CCC(CO)CC2)C1. The highest BCUT2D eigenvalue weighted by Gasteiger charge is 2.40. The average molecular weight is 212 g/mol. The molecule has 1 saturated carbocycles. The molecular weight excluding hydrogens is 188 g/mol. The Morgan fingerprint density at radius 1 is 1.27 bits per heavy atom. The highest BCUT2D eigenvalue weighted by Crippen LogP contribution is 2.45.